The van der Waals surface area contributed by atoms with Crippen LogP contribution in [0.5, 0.6) is 0 Å². The van der Waals surface area contributed by atoms with Gasteiger partial charge in [0.05, 0.1) is 11.4 Å². The minimum atomic E-state index is -3.64. The monoisotopic (exact) mass is 338 g/mol. The maximum absolute atomic E-state index is 13.2. The van der Waals surface area contributed by atoms with Gasteiger partial charge in [-0.3, -0.25) is 4.79 Å². The van der Waals surface area contributed by atoms with Crippen LogP contribution in [0.25, 0.3) is 0 Å². The number of aromatic nitrogens is 1. The van der Waals surface area contributed by atoms with E-state index in [-0.39, 0.29) is 17.0 Å². The van der Waals surface area contributed by atoms with Crippen LogP contribution in [0.3, 0.4) is 0 Å². The van der Waals surface area contributed by atoms with Crippen molar-refractivity contribution >= 4 is 10.0 Å². The molecule has 0 saturated carbocycles. The maximum Gasteiger partial charge on any atom is 0.250 e. The summed E-state index contributed by atoms with van der Waals surface area (Å²) in [5.41, 5.74) is 0.247. The zero-order valence-electron chi connectivity index (χ0n) is 13.1. The van der Waals surface area contributed by atoms with Crippen molar-refractivity contribution in [1.82, 2.24) is 8.87 Å². The molecule has 1 aromatic carbocycles. The van der Waals surface area contributed by atoms with Crippen LogP contribution in [0.1, 0.15) is 19.4 Å². The van der Waals surface area contributed by atoms with Crippen LogP contribution in [-0.4, -0.2) is 30.4 Å². The summed E-state index contributed by atoms with van der Waals surface area (Å²) in [6, 6.07) is 8.38. The molecule has 0 spiro atoms. The molecule has 0 aliphatic rings. The molecule has 0 unspecified atom stereocenters. The second-order valence-corrected chi connectivity index (χ2v) is 6.99. The third kappa shape index (κ3) is 3.86. The van der Waals surface area contributed by atoms with E-state index in [1.54, 1.807) is 26.0 Å². The van der Waals surface area contributed by atoms with Crippen molar-refractivity contribution in [2.75, 3.05) is 13.1 Å². The molecule has 2 aromatic rings. The molecule has 0 radical (unpaired) electrons. The molecule has 0 amide bonds. The molecule has 23 heavy (non-hydrogen) atoms. The molecule has 124 valence electrons. The van der Waals surface area contributed by atoms with E-state index in [9.17, 15) is 17.6 Å². The predicted molar refractivity (Wildman–Crippen MR) is 86.3 cm³/mol. The molecular formula is C16H19FN2O3S. The minimum absolute atomic E-state index is 0.0530. The van der Waals surface area contributed by atoms with Gasteiger partial charge in [0.2, 0.25) is 10.0 Å². The normalized spacial score (nSPS) is 11.8. The third-order valence-corrected chi connectivity index (χ3v) is 5.57. The van der Waals surface area contributed by atoms with Crippen LogP contribution in [-0.2, 0) is 16.6 Å². The van der Waals surface area contributed by atoms with Gasteiger partial charge in [-0.05, 0) is 23.8 Å². The van der Waals surface area contributed by atoms with E-state index in [0.717, 1.165) is 0 Å². The number of sulfonamides is 1. The number of nitrogens with zero attached hydrogens (tertiary/aromatic N) is 2. The van der Waals surface area contributed by atoms with Crippen LogP contribution in [0, 0.1) is 5.82 Å². The van der Waals surface area contributed by atoms with Crippen molar-refractivity contribution in [2.45, 2.75) is 25.3 Å². The molecule has 7 heteroatoms. The van der Waals surface area contributed by atoms with Gasteiger partial charge in [0.1, 0.15) is 5.82 Å². The molecule has 0 atom stereocenters. The van der Waals surface area contributed by atoms with Gasteiger partial charge < -0.3 is 4.57 Å². The van der Waals surface area contributed by atoms with Gasteiger partial charge in [0.25, 0.3) is 5.56 Å². The van der Waals surface area contributed by atoms with Crippen LogP contribution >= 0.6 is 0 Å². The summed E-state index contributed by atoms with van der Waals surface area (Å²) < 4.78 is 40.9. The fourth-order valence-corrected chi connectivity index (χ4v) is 3.81. The Morgan fingerprint density at radius 3 is 2.43 bits per heavy atom. The number of hydrogen-bond donors (Lipinski definition) is 0. The summed E-state index contributed by atoms with van der Waals surface area (Å²) in [7, 11) is -3.64. The topological polar surface area (TPSA) is 59.4 Å². The predicted octanol–water partition coefficient (Wildman–Crippen LogP) is 2.07. The van der Waals surface area contributed by atoms with Gasteiger partial charge in [0.15, 0.2) is 0 Å². The molecule has 0 N–H and O–H groups in total. The van der Waals surface area contributed by atoms with Crippen molar-refractivity contribution in [3.8, 4) is 0 Å². The quantitative estimate of drug-likeness (QED) is 0.810. The lowest BCUT2D eigenvalue weighted by Crippen LogP contribution is -2.32. The van der Waals surface area contributed by atoms with Crippen molar-refractivity contribution in [1.29, 1.82) is 0 Å². The molecule has 2 rings (SSSR count). The molecule has 1 heterocycles. The highest BCUT2D eigenvalue weighted by molar-refractivity contribution is 7.89. The highest BCUT2D eigenvalue weighted by Gasteiger charge is 2.22. The average molecular weight is 338 g/mol. The first-order valence-corrected chi connectivity index (χ1v) is 8.77. The van der Waals surface area contributed by atoms with Crippen LogP contribution in [0.15, 0.2) is 52.3 Å². The number of benzene rings is 1. The Morgan fingerprint density at radius 2 is 1.83 bits per heavy atom. The Morgan fingerprint density at radius 1 is 1.13 bits per heavy atom. The van der Waals surface area contributed by atoms with E-state index >= 15 is 0 Å². The largest absolute Gasteiger partial charge is 0.310 e. The first kappa shape index (κ1) is 17.4. The first-order valence-electron chi connectivity index (χ1n) is 7.33. The molecule has 0 bridgehead atoms. The molecule has 0 saturated heterocycles. The van der Waals surface area contributed by atoms with Crippen molar-refractivity contribution < 1.29 is 12.8 Å². The molecule has 0 aliphatic carbocycles. The summed E-state index contributed by atoms with van der Waals surface area (Å²) in [5.74, 6) is -0.400. The number of pyridine rings is 1. The fraction of sp³-hybridized carbons (Fsp3) is 0.312. The van der Waals surface area contributed by atoms with Gasteiger partial charge in [-0.25, -0.2) is 12.8 Å². The Labute approximate surface area is 135 Å². The molecule has 5 nitrogen and oxygen atoms in total. The molecule has 1 aromatic heterocycles. The van der Waals surface area contributed by atoms with Crippen LogP contribution < -0.4 is 5.56 Å². The fourth-order valence-electron chi connectivity index (χ4n) is 2.33. The summed E-state index contributed by atoms with van der Waals surface area (Å²) >= 11 is 0. The van der Waals surface area contributed by atoms with E-state index in [1.807, 2.05) is 0 Å². The third-order valence-electron chi connectivity index (χ3n) is 3.54. The highest BCUT2D eigenvalue weighted by atomic mass is 32.2. The summed E-state index contributed by atoms with van der Waals surface area (Å²) in [5, 5.41) is 0. The average Bonchev–Trinajstić information content (AvgIpc) is 2.50. The zero-order valence-corrected chi connectivity index (χ0v) is 13.9. The highest BCUT2D eigenvalue weighted by Crippen LogP contribution is 2.14. The second kappa shape index (κ2) is 7.06. The van der Waals surface area contributed by atoms with Gasteiger partial charge in [-0.2, -0.15) is 4.31 Å². The molecule has 0 aliphatic heterocycles. The van der Waals surface area contributed by atoms with Gasteiger partial charge >= 0.3 is 0 Å². The Balaban J connectivity index is 2.42. The van der Waals surface area contributed by atoms with Gasteiger partial charge in [-0.15, -0.1) is 0 Å². The summed E-state index contributed by atoms with van der Waals surface area (Å²) in [6.07, 6.45) is 1.31. The summed E-state index contributed by atoms with van der Waals surface area (Å²) in [4.78, 5) is 12.0. The zero-order chi connectivity index (χ0) is 17.0. The van der Waals surface area contributed by atoms with Crippen molar-refractivity contribution in [2.24, 2.45) is 0 Å². The Kier molecular flexibility index (Phi) is 5.33. The lowest BCUT2D eigenvalue weighted by molar-refractivity contribution is 0.444. The number of hydrogen-bond acceptors (Lipinski definition) is 3. The van der Waals surface area contributed by atoms with E-state index in [0.29, 0.717) is 18.7 Å². The number of rotatable bonds is 6. The van der Waals surface area contributed by atoms with Crippen LogP contribution in [0.4, 0.5) is 4.39 Å². The SMILES string of the molecule is CCN(CC)S(=O)(=O)c1ccc(=O)n(Cc2cccc(F)c2)c1. The van der Waals surface area contributed by atoms with E-state index in [4.69, 9.17) is 0 Å². The standard InChI is InChI=1S/C16H19FN2O3S/c1-3-19(4-2)23(21,22)15-8-9-16(20)18(12-15)11-13-6-5-7-14(17)10-13/h5-10,12H,3-4,11H2,1-2H3. The maximum atomic E-state index is 13.2. The van der Waals surface area contributed by atoms with E-state index in [1.165, 1.54) is 39.3 Å². The molecular weight excluding hydrogens is 319 g/mol. The number of halogens is 1. The smallest absolute Gasteiger partial charge is 0.250 e. The molecule has 0 fully saturated rings. The van der Waals surface area contributed by atoms with Gasteiger partial charge in [0, 0.05) is 25.4 Å². The Bertz CT molecular complexity index is 842. The van der Waals surface area contributed by atoms with E-state index < -0.39 is 15.8 Å². The van der Waals surface area contributed by atoms with Crippen LogP contribution in [0.2, 0.25) is 0 Å². The minimum Gasteiger partial charge on any atom is -0.310 e. The van der Waals surface area contributed by atoms with Crippen molar-refractivity contribution in [3.63, 3.8) is 0 Å². The van der Waals surface area contributed by atoms with Crippen molar-refractivity contribution in [3.05, 3.63) is 64.3 Å². The Hall–Kier alpha value is -1.99. The lowest BCUT2D eigenvalue weighted by atomic mass is 10.2. The first-order chi connectivity index (χ1) is 10.9. The summed E-state index contributed by atoms with van der Waals surface area (Å²) in [6.45, 7) is 4.32. The second-order valence-electron chi connectivity index (χ2n) is 5.05. The lowest BCUT2D eigenvalue weighted by Gasteiger charge is -2.19. The van der Waals surface area contributed by atoms with Gasteiger partial charge in [-0.1, -0.05) is 26.0 Å². The van der Waals surface area contributed by atoms with E-state index in [2.05, 4.69) is 0 Å².